The third-order valence-corrected chi connectivity index (χ3v) is 2.19. The van der Waals surface area contributed by atoms with Crippen LogP contribution in [0.15, 0.2) is 0 Å². The average Bonchev–Trinajstić information content (AvgIpc) is 2.13. The van der Waals surface area contributed by atoms with E-state index in [1.54, 1.807) is 0 Å². The van der Waals surface area contributed by atoms with Gasteiger partial charge in [0.2, 0.25) is 0 Å². The molecule has 0 saturated carbocycles. The SMILES string of the molecule is C[C@H]1C[C@@H](CON)N(C)C1. The van der Waals surface area contributed by atoms with Crippen LogP contribution in [0.2, 0.25) is 0 Å². The van der Waals surface area contributed by atoms with Crippen LogP contribution in [0, 0.1) is 5.92 Å². The van der Waals surface area contributed by atoms with E-state index in [1.165, 1.54) is 13.0 Å². The number of hydrogen-bond acceptors (Lipinski definition) is 3. The predicted octanol–water partition coefficient (Wildman–Crippen LogP) is 0.217. The summed E-state index contributed by atoms with van der Waals surface area (Å²) in [5.74, 6) is 5.79. The fraction of sp³-hybridized carbons (Fsp3) is 1.00. The van der Waals surface area contributed by atoms with Crippen LogP contribution >= 0.6 is 0 Å². The average molecular weight is 144 g/mol. The lowest BCUT2D eigenvalue weighted by Gasteiger charge is -2.16. The minimum Gasteiger partial charge on any atom is -0.303 e. The standard InChI is InChI=1S/C7H16N2O/c1-6-3-7(5-10-8)9(2)4-6/h6-7H,3-5,8H2,1-2H3/t6-,7-/m0/s1. The summed E-state index contributed by atoms with van der Waals surface area (Å²) in [5.41, 5.74) is 0. The first-order chi connectivity index (χ1) is 4.74. The Morgan fingerprint density at radius 1 is 1.70 bits per heavy atom. The smallest absolute Gasteiger partial charge is 0.0834 e. The summed E-state index contributed by atoms with van der Waals surface area (Å²) < 4.78 is 0. The quantitative estimate of drug-likeness (QED) is 0.563. The molecule has 3 heteroatoms. The van der Waals surface area contributed by atoms with Gasteiger partial charge >= 0.3 is 0 Å². The third kappa shape index (κ3) is 1.68. The molecule has 1 aliphatic rings. The molecule has 0 radical (unpaired) electrons. The van der Waals surface area contributed by atoms with Crippen molar-refractivity contribution in [2.24, 2.45) is 11.8 Å². The third-order valence-electron chi connectivity index (χ3n) is 2.19. The second-order valence-corrected chi connectivity index (χ2v) is 3.27. The molecule has 0 aromatic carbocycles. The molecule has 0 aliphatic carbocycles. The van der Waals surface area contributed by atoms with Crippen molar-refractivity contribution >= 4 is 0 Å². The highest BCUT2D eigenvalue weighted by atomic mass is 16.6. The molecule has 0 unspecified atom stereocenters. The Hall–Kier alpha value is -0.120. The van der Waals surface area contributed by atoms with Gasteiger partial charge in [0.05, 0.1) is 6.61 Å². The van der Waals surface area contributed by atoms with E-state index in [4.69, 9.17) is 5.90 Å². The fourth-order valence-corrected chi connectivity index (χ4v) is 1.67. The van der Waals surface area contributed by atoms with Crippen LogP contribution in [-0.4, -0.2) is 31.1 Å². The molecule has 0 aromatic rings. The van der Waals surface area contributed by atoms with Gasteiger partial charge in [0.25, 0.3) is 0 Å². The molecule has 0 amide bonds. The van der Waals surface area contributed by atoms with Gasteiger partial charge in [0, 0.05) is 12.6 Å². The van der Waals surface area contributed by atoms with E-state index < -0.39 is 0 Å². The van der Waals surface area contributed by atoms with Crippen molar-refractivity contribution in [3.63, 3.8) is 0 Å². The van der Waals surface area contributed by atoms with Crippen LogP contribution in [0.1, 0.15) is 13.3 Å². The summed E-state index contributed by atoms with van der Waals surface area (Å²) in [7, 11) is 2.12. The number of hydrogen-bond donors (Lipinski definition) is 1. The Labute approximate surface area is 62.1 Å². The number of likely N-dealkylation sites (N-methyl/N-ethyl adjacent to an activating group) is 1. The van der Waals surface area contributed by atoms with Crippen molar-refractivity contribution < 1.29 is 4.84 Å². The van der Waals surface area contributed by atoms with Gasteiger partial charge in [0.1, 0.15) is 0 Å². The molecule has 0 aromatic heterocycles. The van der Waals surface area contributed by atoms with Gasteiger partial charge in [-0.3, -0.25) is 0 Å². The van der Waals surface area contributed by atoms with Crippen molar-refractivity contribution in [1.29, 1.82) is 0 Å². The number of nitrogens with two attached hydrogens (primary N) is 1. The van der Waals surface area contributed by atoms with Crippen molar-refractivity contribution in [1.82, 2.24) is 4.90 Å². The van der Waals surface area contributed by atoms with E-state index in [0.717, 1.165) is 5.92 Å². The minimum atomic E-state index is 0.542. The molecule has 1 fully saturated rings. The van der Waals surface area contributed by atoms with Gasteiger partial charge in [-0.15, -0.1) is 0 Å². The highest BCUT2D eigenvalue weighted by molar-refractivity contribution is 4.80. The lowest BCUT2D eigenvalue weighted by Crippen LogP contribution is -2.30. The molecule has 0 spiro atoms. The molecule has 60 valence electrons. The zero-order valence-electron chi connectivity index (χ0n) is 6.71. The number of rotatable bonds is 2. The van der Waals surface area contributed by atoms with Crippen LogP contribution in [0.25, 0.3) is 0 Å². The molecule has 0 bridgehead atoms. The topological polar surface area (TPSA) is 38.5 Å². The molecule has 1 saturated heterocycles. The molecule has 3 nitrogen and oxygen atoms in total. The maximum atomic E-state index is 4.99. The maximum absolute atomic E-state index is 4.99. The van der Waals surface area contributed by atoms with Crippen molar-refractivity contribution in [2.45, 2.75) is 19.4 Å². The van der Waals surface area contributed by atoms with Crippen molar-refractivity contribution in [3.8, 4) is 0 Å². The zero-order chi connectivity index (χ0) is 7.56. The molecule has 2 atom stereocenters. The number of nitrogens with zero attached hydrogens (tertiary/aromatic N) is 1. The molecule has 1 aliphatic heterocycles. The molecule has 10 heavy (non-hydrogen) atoms. The predicted molar refractivity (Wildman–Crippen MR) is 40.3 cm³/mol. The van der Waals surface area contributed by atoms with E-state index in [-0.39, 0.29) is 0 Å². The fourth-order valence-electron chi connectivity index (χ4n) is 1.67. The summed E-state index contributed by atoms with van der Waals surface area (Å²) in [6.07, 6.45) is 1.22. The molecule has 2 N–H and O–H groups in total. The van der Waals surface area contributed by atoms with E-state index in [1.807, 2.05) is 0 Å². The second kappa shape index (κ2) is 3.32. The Balaban J connectivity index is 2.31. The molecular formula is C7H16N2O. The zero-order valence-corrected chi connectivity index (χ0v) is 6.71. The largest absolute Gasteiger partial charge is 0.303 e. The lowest BCUT2D eigenvalue weighted by atomic mass is 10.1. The maximum Gasteiger partial charge on any atom is 0.0834 e. The summed E-state index contributed by atoms with van der Waals surface area (Å²) in [6.45, 7) is 4.10. The van der Waals surface area contributed by atoms with E-state index >= 15 is 0 Å². The first kappa shape index (κ1) is 7.98. The summed E-state index contributed by atoms with van der Waals surface area (Å²) in [5, 5.41) is 0. The van der Waals surface area contributed by atoms with Crippen molar-refractivity contribution in [3.05, 3.63) is 0 Å². The minimum absolute atomic E-state index is 0.542. The van der Waals surface area contributed by atoms with E-state index in [0.29, 0.717) is 12.6 Å². The number of likely N-dealkylation sites (tertiary alicyclic amines) is 1. The summed E-state index contributed by atoms with van der Waals surface area (Å²) >= 11 is 0. The molecule has 1 heterocycles. The van der Waals surface area contributed by atoms with Gasteiger partial charge in [0.15, 0.2) is 0 Å². The van der Waals surface area contributed by atoms with Gasteiger partial charge in [-0.2, -0.15) is 0 Å². The van der Waals surface area contributed by atoms with E-state index in [9.17, 15) is 0 Å². The van der Waals surface area contributed by atoms with Crippen LogP contribution in [0.3, 0.4) is 0 Å². The highest BCUT2D eigenvalue weighted by Crippen LogP contribution is 2.20. The highest BCUT2D eigenvalue weighted by Gasteiger charge is 2.26. The van der Waals surface area contributed by atoms with E-state index in [2.05, 4.69) is 23.7 Å². The monoisotopic (exact) mass is 144 g/mol. The van der Waals surface area contributed by atoms with Crippen molar-refractivity contribution in [2.75, 3.05) is 20.2 Å². The van der Waals surface area contributed by atoms with Crippen LogP contribution in [0.4, 0.5) is 0 Å². The summed E-state index contributed by atoms with van der Waals surface area (Å²) in [4.78, 5) is 6.91. The molecule has 1 rings (SSSR count). The van der Waals surface area contributed by atoms with Crippen LogP contribution in [0.5, 0.6) is 0 Å². The van der Waals surface area contributed by atoms with Gasteiger partial charge in [-0.25, -0.2) is 5.90 Å². The van der Waals surface area contributed by atoms with Gasteiger partial charge < -0.3 is 9.74 Å². The second-order valence-electron chi connectivity index (χ2n) is 3.27. The Morgan fingerprint density at radius 2 is 2.40 bits per heavy atom. The normalized spacial score (nSPS) is 35.1. The van der Waals surface area contributed by atoms with Crippen LogP contribution in [-0.2, 0) is 4.84 Å². The van der Waals surface area contributed by atoms with Gasteiger partial charge in [-0.1, -0.05) is 6.92 Å². The first-order valence-corrected chi connectivity index (χ1v) is 3.76. The molecular weight excluding hydrogens is 128 g/mol. The Kier molecular flexibility index (Phi) is 2.65. The summed E-state index contributed by atoms with van der Waals surface area (Å²) in [6, 6.07) is 0.542. The van der Waals surface area contributed by atoms with Gasteiger partial charge in [-0.05, 0) is 19.4 Å². The Bertz CT molecular complexity index is 108. The Morgan fingerprint density at radius 3 is 2.80 bits per heavy atom. The lowest BCUT2D eigenvalue weighted by molar-refractivity contribution is 0.0870. The van der Waals surface area contributed by atoms with Crippen LogP contribution < -0.4 is 5.90 Å². The first-order valence-electron chi connectivity index (χ1n) is 3.76.